The molecule has 0 aliphatic carbocycles. The fraction of sp³-hybridized carbons (Fsp3) is 0.235. The first kappa shape index (κ1) is 17.9. The Balaban J connectivity index is 1.93. The molecule has 3 rings (SSSR count). The van der Waals surface area contributed by atoms with Gasteiger partial charge in [-0.05, 0) is 52.2 Å². The number of para-hydroxylation sites is 1. The molecule has 2 aromatic rings. The highest BCUT2D eigenvalue weighted by Crippen LogP contribution is 2.38. The number of rotatable bonds is 4. The summed E-state index contributed by atoms with van der Waals surface area (Å²) < 4.78 is 28.0. The van der Waals surface area contributed by atoms with Crippen molar-refractivity contribution < 1.29 is 13.2 Å². The third-order valence-corrected chi connectivity index (χ3v) is 6.83. The number of anilines is 2. The van der Waals surface area contributed by atoms with Gasteiger partial charge >= 0.3 is 10.2 Å². The van der Waals surface area contributed by atoms with E-state index in [9.17, 15) is 13.2 Å². The molecule has 1 heterocycles. The minimum atomic E-state index is -3.54. The van der Waals surface area contributed by atoms with Crippen molar-refractivity contribution in [2.24, 2.45) is 0 Å². The molecule has 132 valence electrons. The van der Waals surface area contributed by atoms with Gasteiger partial charge in [-0.15, -0.1) is 0 Å². The molecule has 0 bridgehead atoms. The van der Waals surface area contributed by atoms with Gasteiger partial charge in [-0.2, -0.15) is 12.7 Å². The van der Waals surface area contributed by atoms with Crippen LogP contribution in [0.4, 0.5) is 11.4 Å². The Morgan fingerprint density at radius 1 is 1.16 bits per heavy atom. The van der Waals surface area contributed by atoms with E-state index in [0.29, 0.717) is 34.4 Å². The van der Waals surface area contributed by atoms with E-state index in [1.165, 1.54) is 22.7 Å². The molecular weight excluding hydrogens is 406 g/mol. The molecule has 2 aromatic carbocycles. The Hall–Kier alpha value is -1.90. The van der Waals surface area contributed by atoms with Crippen LogP contribution in [0.5, 0.6) is 0 Å². The van der Waals surface area contributed by atoms with E-state index >= 15 is 0 Å². The molecule has 0 aromatic heterocycles. The summed E-state index contributed by atoms with van der Waals surface area (Å²) in [5.74, 6) is -0.241. The van der Waals surface area contributed by atoms with Gasteiger partial charge in [0, 0.05) is 30.8 Å². The van der Waals surface area contributed by atoms with Gasteiger partial charge in [-0.1, -0.05) is 18.2 Å². The lowest BCUT2D eigenvalue weighted by Gasteiger charge is -2.23. The van der Waals surface area contributed by atoms with Crippen LogP contribution >= 0.6 is 15.9 Å². The molecule has 8 heteroatoms. The molecule has 1 aliphatic heterocycles. The van der Waals surface area contributed by atoms with Crippen LogP contribution in [0.3, 0.4) is 0 Å². The molecule has 0 atom stereocenters. The van der Waals surface area contributed by atoms with Crippen LogP contribution in [-0.2, 0) is 16.6 Å². The van der Waals surface area contributed by atoms with Crippen LogP contribution in [0.15, 0.2) is 46.9 Å². The lowest BCUT2D eigenvalue weighted by molar-refractivity contribution is 0.102. The van der Waals surface area contributed by atoms with Crippen molar-refractivity contribution in [3.8, 4) is 0 Å². The van der Waals surface area contributed by atoms with Crippen molar-refractivity contribution in [1.29, 1.82) is 0 Å². The SMILES string of the molecule is CN(C)S(=O)(=O)N1CCc2c1ccc(C(=O)Nc1ccccc1)c2Br. The standard InChI is InChI=1S/C17H18BrN3O3S/c1-20(2)25(23,24)21-11-10-13-15(21)9-8-14(16(13)18)17(22)19-12-6-4-3-5-7-12/h3-9H,10-11H2,1-2H3,(H,19,22). The molecule has 0 fully saturated rings. The number of nitrogens with one attached hydrogen (secondary N) is 1. The van der Waals surface area contributed by atoms with E-state index in [-0.39, 0.29) is 5.91 Å². The molecular formula is C17H18BrN3O3S. The van der Waals surface area contributed by atoms with Crippen molar-refractivity contribution >= 4 is 43.4 Å². The molecule has 0 unspecified atom stereocenters. The van der Waals surface area contributed by atoms with Gasteiger partial charge in [-0.3, -0.25) is 9.10 Å². The van der Waals surface area contributed by atoms with E-state index in [4.69, 9.17) is 0 Å². The number of hydrogen-bond donors (Lipinski definition) is 1. The van der Waals surface area contributed by atoms with Gasteiger partial charge in [0.25, 0.3) is 5.91 Å². The summed E-state index contributed by atoms with van der Waals surface area (Å²) in [6.07, 6.45) is 0.551. The average molecular weight is 424 g/mol. The van der Waals surface area contributed by atoms with Gasteiger partial charge in [-0.25, -0.2) is 0 Å². The minimum Gasteiger partial charge on any atom is -0.322 e. The highest BCUT2D eigenvalue weighted by Gasteiger charge is 2.33. The molecule has 1 N–H and O–H groups in total. The van der Waals surface area contributed by atoms with Crippen LogP contribution in [0, 0.1) is 0 Å². The molecule has 6 nitrogen and oxygen atoms in total. The highest BCUT2D eigenvalue weighted by molar-refractivity contribution is 9.10. The number of fused-ring (bicyclic) bond motifs is 1. The Bertz CT molecular complexity index is 914. The van der Waals surface area contributed by atoms with Crippen LogP contribution in [-0.4, -0.2) is 39.3 Å². The monoisotopic (exact) mass is 423 g/mol. The lowest BCUT2D eigenvalue weighted by atomic mass is 10.1. The van der Waals surface area contributed by atoms with Gasteiger partial charge < -0.3 is 5.32 Å². The molecule has 1 aliphatic rings. The zero-order valence-electron chi connectivity index (χ0n) is 13.9. The van der Waals surface area contributed by atoms with E-state index in [1.54, 1.807) is 12.1 Å². The third kappa shape index (κ3) is 3.29. The molecule has 0 saturated carbocycles. The van der Waals surface area contributed by atoms with Crippen molar-refractivity contribution in [1.82, 2.24) is 4.31 Å². The number of halogens is 1. The maximum absolute atomic E-state index is 12.5. The summed E-state index contributed by atoms with van der Waals surface area (Å²) in [6.45, 7) is 0.359. The highest BCUT2D eigenvalue weighted by atomic mass is 79.9. The number of carbonyl (C=O) groups excluding carboxylic acids is 1. The van der Waals surface area contributed by atoms with Gasteiger partial charge in [0.05, 0.1) is 11.3 Å². The summed E-state index contributed by atoms with van der Waals surface area (Å²) in [4.78, 5) is 12.5. The minimum absolute atomic E-state index is 0.241. The second-order valence-electron chi connectivity index (χ2n) is 5.86. The fourth-order valence-electron chi connectivity index (χ4n) is 2.75. The first-order valence-corrected chi connectivity index (χ1v) is 9.89. The Morgan fingerprint density at radius 2 is 1.84 bits per heavy atom. The molecule has 0 saturated heterocycles. The number of hydrogen-bond acceptors (Lipinski definition) is 3. The van der Waals surface area contributed by atoms with E-state index < -0.39 is 10.2 Å². The van der Waals surface area contributed by atoms with E-state index in [2.05, 4.69) is 21.2 Å². The van der Waals surface area contributed by atoms with Gasteiger partial charge in [0.15, 0.2) is 0 Å². The topological polar surface area (TPSA) is 69.7 Å². The van der Waals surface area contributed by atoms with Gasteiger partial charge in [0.1, 0.15) is 0 Å². The van der Waals surface area contributed by atoms with Crippen LogP contribution in [0.1, 0.15) is 15.9 Å². The lowest BCUT2D eigenvalue weighted by Crippen LogP contribution is -2.39. The Morgan fingerprint density at radius 3 is 2.48 bits per heavy atom. The van der Waals surface area contributed by atoms with Crippen molar-refractivity contribution in [2.75, 3.05) is 30.3 Å². The molecule has 0 radical (unpaired) electrons. The second-order valence-corrected chi connectivity index (χ2v) is 8.72. The molecule has 25 heavy (non-hydrogen) atoms. The normalized spacial score (nSPS) is 13.8. The number of benzene rings is 2. The van der Waals surface area contributed by atoms with Crippen molar-refractivity contribution in [3.63, 3.8) is 0 Å². The number of amides is 1. The Kier molecular flexibility index (Phi) is 4.86. The predicted octanol–water partition coefficient (Wildman–Crippen LogP) is 2.87. The van der Waals surface area contributed by atoms with E-state index in [0.717, 1.165) is 5.56 Å². The molecule has 0 spiro atoms. The zero-order chi connectivity index (χ0) is 18.2. The van der Waals surface area contributed by atoms with Crippen LogP contribution in [0.25, 0.3) is 0 Å². The maximum atomic E-state index is 12.5. The largest absolute Gasteiger partial charge is 0.322 e. The first-order valence-electron chi connectivity index (χ1n) is 7.70. The van der Waals surface area contributed by atoms with Crippen LogP contribution in [0.2, 0.25) is 0 Å². The van der Waals surface area contributed by atoms with Crippen molar-refractivity contribution in [3.05, 3.63) is 58.1 Å². The quantitative estimate of drug-likeness (QED) is 0.821. The summed E-state index contributed by atoms with van der Waals surface area (Å²) in [5, 5.41) is 2.84. The van der Waals surface area contributed by atoms with Gasteiger partial charge in [0.2, 0.25) is 0 Å². The average Bonchev–Trinajstić information content (AvgIpc) is 3.01. The summed E-state index contributed by atoms with van der Waals surface area (Å²) >= 11 is 3.48. The molecule has 1 amide bonds. The van der Waals surface area contributed by atoms with Crippen LogP contribution < -0.4 is 9.62 Å². The van der Waals surface area contributed by atoms with E-state index in [1.807, 2.05) is 30.3 Å². The first-order chi connectivity index (χ1) is 11.8. The maximum Gasteiger partial charge on any atom is 0.303 e. The smallest absolute Gasteiger partial charge is 0.303 e. The number of carbonyl (C=O) groups is 1. The van der Waals surface area contributed by atoms with Crippen molar-refractivity contribution in [2.45, 2.75) is 6.42 Å². The Labute approximate surface area is 155 Å². The summed E-state index contributed by atoms with van der Waals surface area (Å²) in [7, 11) is -0.535. The summed E-state index contributed by atoms with van der Waals surface area (Å²) in [6, 6.07) is 12.5. The predicted molar refractivity (Wildman–Crippen MR) is 102 cm³/mol. The zero-order valence-corrected chi connectivity index (χ0v) is 16.3. The fourth-order valence-corrected chi connectivity index (χ4v) is 4.60. The number of nitrogens with zero attached hydrogens (tertiary/aromatic N) is 2. The second kappa shape index (κ2) is 6.78. The third-order valence-electron chi connectivity index (χ3n) is 4.07. The summed E-state index contributed by atoms with van der Waals surface area (Å²) in [5.41, 5.74) is 2.62.